The minimum Gasteiger partial charge on any atom is -0.477 e. The lowest BCUT2D eigenvalue weighted by Crippen LogP contribution is -2.18. The van der Waals surface area contributed by atoms with E-state index in [0.717, 1.165) is 16.5 Å². The van der Waals surface area contributed by atoms with Gasteiger partial charge in [-0.25, -0.2) is 4.79 Å². The van der Waals surface area contributed by atoms with Crippen LogP contribution in [-0.2, 0) is 6.54 Å². The predicted octanol–water partition coefficient (Wildman–Crippen LogP) is 0.865. The summed E-state index contributed by atoms with van der Waals surface area (Å²) < 4.78 is 1.29. The number of H-pyrrole nitrogens is 1. The molecule has 3 rings (SSSR count). The first-order valence-electron chi connectivity index (χ1n) is 6.53. The predicted molar refractivity (Wildman–Crippen MR) is 77.8 cm³/mol. The minimum atomic E-state index is -1.14. The number of hydrogen-bond donors (Lipinski definition) is 3. The molecule has 0 unspecified atom stereocenters. The molecule has 0 fully saturated rings. The molecule has 0 aliphatic heterocycles. The van der Waals surface area contributed by atoms with Crippen LogP contribution in [0.4, 0.5) is 0 Å². The van der Waals surface area contributed by atoms with Crippen molar-refractivity contribution in [2.75, 3.05) is 7.05 Å². The monoisotopic (exact) mass is 299 g/mol. The summed E-state index contributed by atoms with van der Waals surface area (Å²) in [6.45, 7) is 0.209. The highest BCUT2D eigenvalue weighted by molar-refractivity contribution is 5.95. The number of pyridine rings is 1. The van der Waals surface area contributed by atoms with E-state index in [1.807, 2.05) is 6.07 Å². The van der Waals surface area contributed by atoms with E-state index in [-0.39, 0.29) is 17.9 Å². The zero-order chi connectivity index (χ0) is 15.7. The highest BCUT2D eigenvalue weighted by Gasteiger charge is 2.18. The Bertz CT molecular complexity index is 864. The topological polar surface area (TPSA) is 113 Å². The van der Waals surface area contributed by atoms with Crippen molar-refractivity contribution in [3.05, 3.63) is 47.7 Å². The Balaban J connectivity index is 2.04. The Morgan fingerprint density at radius 1 is 1.41 bits per heavy atom. The standard InChI is InChI=1S/C14H13N5O3/c1-15-13(20)10-4-12(14(21)22)19(18-10)7-8-5-16-6-11-9(8)2-3-17-11/h2-6,17H,7H2,1H3,(H,15,20)(H,21,22). The highest BCUT2D eigenvalue weighted by atomic mass is 16.4. The molecular weight excluding hydrogens is 286 g/mol. The fourth-order valence-corrected chi connectivity index (χ4v) is 2.28. The molecule has 0 aromatic carbocycles. The van der Waals surface area contributed by atoms with E-state index in [1.54, 1.807) is 18.6 Å². The van der Waals surface area contributed by atoms with E-state index >= 15 is 0 Å². The van der Waals surface area contributed by atoms with E-state index in [4.69, 9.17) is 0 Å². The summed E-state index contributed by atoms with van der Waals surface area (Å²) in [6, 6.07) is 3.14. The second kappa shape index (κ2) is 5.32. The number of carboxylic acid groups (broad SMARTS) is 1. The average Bonchev–Trinajstić information content (AvgIpc) is 3.13. The summed E-state index contributed by atoms with van der Waals surface area (Å²) in [4.78, 5) is 30.1. The largest absolute Gasteiger partial charge is 0.477 e. The molecule has 1 amide bonds. The first kappa shape index (κ1) is 13.8. The SMILES string of the molecule is CNC(=O)c1cc(C(=O)O)n(Cc2cncc3[nH]ccc23)n1. The van der Waals surface area contributed by atoms with Crippen LogP contribution >= 0.6 is 0 Å². The van der Waals surface area contributed by atoms with Gasteiger partial charge in [-0.15, -0.1) is 0 Å². The van der Waals surface area contributed by atoms with Gasteiger partial charge < -0.3 is 15.4 Å². The van der Waals surface area contributed by atoms with Crippen molar-refractivity contribution in [2.24, 2.45) is 0 Å². The molecule has 0 spiro atoms. The van der Waals surface area contributed by atoms with Gasteiger partial charge in [-0.2, -0.15) is 5.10 Å². The van der Waals surface area contributed by atoms with E-state index in [0.29, 0.717) is 0 Å². The Morgan fingerprint density at radius 3 is 2.95 bits per heavy atom. The van der Waals surface area contributed by atoms with Crippen molar-refractivity contribution in [1.29, 1.82) is 0 Å². The van der Waals surface area contributed by atoms with Gasteiger partial charge in [0.05, 0.1) is 18.3 Å². The molecule has 0 saturated carbocycles. The smallest absolute Gasteiger partial charge is 0.354 e. The van der Waals surface area contributed by atoms with Gasteiger partial charge in [0.1, 0.15) is 5.69 Å². The number of fused-ring (bicyclic) bond motifs is 1. The number of aromatic amines is 1. The van der Waals surface area contributed by atoms with Crippen molar-refractivity contribution >= 4 is 22.8 Å². The molecule has 3 N–H and O–H groups in total. The van der Waals surface area contributed by atoms with Crippen LogP contribution < -0.4 is 5.32 Å². The fourth-order valence-electron chi connectivity index (χ4n) is 2.28. The molecule has 3 aromatic heterocycles. The minimum absolute atomic E-state index is 0.0499. The molecule has 0 atom stereocenters. The Hall–Kier alpha value is -3.16. The molecule has 22 heavy (non-hydrogen) atoms. The maximum atomic E-state index is 11.6. The zero-order valence-electron chi connectivity index (χ0n) is 11.7. The maximum absolute atomic E-state index is 11.6. The van der Waals surface area contributed by atoms with E-state index in [9.17, 15) is 14.7 Å². The van der Waals surface area contributed by atoms with Gasteiger partial charge in [-0.05, 0) is 6.07 Å². The fraction of sp³-hybridized carbons (Fsp3) is 0.143. The molecule has 8 heteroatoms. The lowest BCUT2D eigenvalue weighted by molar-refractivity contribution is 0.0683. The second-order valence-corrected chi connectivity index (χ2v) is 4.69. The van der Waals surface area contributed by atoms with E-state index in [2.05, 4.69) is 20.4 Å². The number of carbonyl (C=O) groups is 2. The van der Waals surface area contributed by atoms with Crippen LogP contribution in [0, 0.1) is 0 Å². The molecule has 0 aliphatic carbocycles. The third-order valence-electron chi connectivity index (χ3n) is 3.34. The van der Waals surface area contributed by atoms with Gasteiger partial charge in [-0.1, -0.05) is 0 Å². The summed E-state index contributed by atoms with van der Waals surface area (Å²) in [6.07, 6.45) is 5.13. The number of nitrogens with zero attached hydrogens (tertiary/aromatic N) is 3. The third-order valence-corrected chi connectivity index (χ3v) is 3.34. The summed E-state index contributed by atoms with van der Waals surface area (Å²) in [7, 11) is 1.46. The van der Waals surface area contributed by atoms with Gasteiger partial charge >= 0.3 is 5.97 Å². The summed E-state index contributed by atoms with van der Waals surface area (Å²) in [5.74, 6) is -1.57. The Morgan fingerprint density at radius 2 is 2.23 bits per heavy atom. The average molecular weight is 299 g/mol. The number of hydrogen-bond acceptors (Lipinski definition) is 4. The quantitative estimate of drug-likeness (QED) is 0.661. The first-order valence-corrected chi connectivity index (χ1v) is 6.53. The van der Waals surface area contributed by atoms with Gasteiger partial charge in [0.2, 0.25) is 0 Å². The van der Waals surface area contributed by atoms with Crippen molar-refractivity contribution in [2.45, 2.75) is 6.54 Å². The van der Waals surface area contributed by atoms with E-state index < -0.39 is 11.9 Å². The molecule has 0 aliphatic rings. The van der Waals surface area contributed by atoms with Crippen molar-refractivity contribution in [1.82, 2.24) is 25.1 Å². The first-order chi connectivity index (χ1) is 10.6. The van der Waals surface area contributed by atoms with Gasteiger partial charge in [-0.3, -0.25) is 14.5 Å². The second-order valence-electron chi connectivity index (χ2n) is 4.69. The third kappa shape index (κ3) is 2.30. The van der Waals surface area contributed by atoms with Crippen molar-refractivity contribution in [3.8, 4) is 0 Å². The highest BCUT2D eigenvalue weighted by Crippen LogP contribution is 2.18. The van der Waals surface area contributed by atoms with Crippen molar-refractivity contribution in [3.63, 3.8) is 0 Å². The van der Waals surface area contributed by atoms with Crippen LogP contribution in [-0.4, -0.2) is 43.8 Å². The molecule has 0 saturated heterocycles. The van der Waals surface area contributed by atoms with Gasteiger partial charge in [0.25, 0.3) is 5.91 Å². The molecular formula is C14H13N5O3. The van der Waals surface area contributed by atoms with Crippen LogP contribution in [0.15, 0.2) is 30.7 Å². The van der Waals surface area contributed by atoms with Gasteiger partial charge in [0, 0.05) is 36.5 Å². The lowest BCUT2D eigenvalue weighted by Gasteiger charge is -2.05. The molecule has 8 nitrogen and oxygen atoms in total. The maximum Gasteiger partial charge on any atom is 0.354 e. The number of nitrogens with one attached hydrogen (secondary N) is 2. The number of amides is 1. The van der Waals surface area contributed by atoms with Crippen LogP contribution in [0.2, 0.25) is 0 Å². The molecule has 3 heterocycles. The molecule has 0 radical (unpaired) electrons. The zero-order valence-corrected chi connectivity index (χ0v) is 11.7. The summed E-state index contributed by atoms with van der Waals surface area (Å²) in [5, 5.41) is 16.7. The summed E-state index contributed by atoms with van der Waals surface area (Å²) >= 11 is 0. The van der Waals surface area contributed by atoms with Gasteiger partial charge in [0.15, 0.2) is 5.69 Å². The number of aromatic carboxylic acids is 1. The van der Waals surface area contributed by atoms with E-state index in [1.165, 1.54) is 17.8 Å². The number of aromatic nitrogens is 4. The number of carbonyl (C=O) groups excluding carboxylic acids is 1. The number of rotatable bonds is 4. The van der Waals surface area contributed by atoms with Crippen LogP contribution in [0.1, 0.15) is 26.5 Å². The Kier molecular flexibility index (Phi) is 3.34. The van der Waals surface area contributed by atoms with Crippen LogP contribution in [0.5, 0.6) is 0 Å². The number of carboxylic acids is 1. The van der Waals surface area contributed by atoms with Crippen LogP contribution in [0.25, 0.3) is 10.9 Å². The normalized spacial score (nSPS) is 10.8. The molecule has 3 aromatic rings. The summed E-state index contributed by atoms with van der Waals surface area (Å²) in [5.41, 5.74) is 1.68. The van der Waals surface area contributed by atoms with Crippen LogP contribution in [0.3, 0.4) is 0 Å². The Labute approximate surface area is 124 Å². The molecule has 112 valence electrons. The van der Waals surface area contributed by atoms with Crippen molar-refractivity contribution < 1.29 is 14.7 Å². The molecule has 0 bridgehead atoms. The lowest BCUT2D eigenvalue weighted by atomic mass is 10.2.